The fraction of sp³-hybridized carbons (Fsp3) is 0.214. The summed E-state index contributed by atoms with van der Waals surface area (Å²) in [5, 5.41) is 5.46. The summed E-state index contributed by atoms with van der Waals surface area (Å²) in [4.78, 5) is 5.73. The van der Waals surface area contributed by atoms with E-state index in [2.05, 4.69) is 23.3 Å². The maximum atomic E-state index is 5.54. The van der Waals surface area contributed by atoms with Crippen molar-refractivity contribution in [3.63, 3.8) is 0 Å². The van der Waals surface area contributed by atoms with Crippen LogP contribution < -0.4 is 5.32 Å². The molecule has 92 valence electrons. The van der Waals surface area contributed by atoms with Gasteiger partial charge in [-0.25, -0.2) is 4.98 Å². The smallest absolute Gasteiger partial charge is 0.134 e. The van der Waals surface area contributed by atoms with Crippen LogP contribution in [0.4, 0.5) is 0 Å². The van der Waals surface area contributed by atoms with Crippen LogP contribution in [0.5, 0.6) is 0 Å². The average molecular weight is 258 g/mol. The van der Waals surface area contributed by atoms with Crippen LogP contribution in [-0.2, 0) is 6.54 Å². The summed E-state index contributed by atoms with van der Waals surface area (Å²) in [6.45, 7) is 3.96. The lowest BCUT2D eigenvalue weighted by atomic mass is 10.2. The summed E-state index contributed by atoms with van der Waals surface area (Å²) in [7, 11) is 0. The Kier molecular flexibility index (Phi) is 3.13. The van der Waals surface area contributed by atoms with Crippen molar-refractivity contribution in [2.75, 3.05) is 6.54 Å². The Bertz CT molecular complexity index is 656. The topological polar surface area (TPSA) is 38.1 Å². The van der Waals surface area contributed by atoms with Crippen LogP contribution in [-0.4, -0.2) is 11.5 Å². The molecule has 3 rings (SSSR count). The van der Waals surface area contributed by atoms with Crippen molar-refractivity contribution >= 4 is 22.3 Å². The molecule has 1 aromatic carbocycles. The highest BCUT2D eigenvalue weighted by molar-refractivity contribution is 7.15. The van der Waals surface area contributed by atoms with Crippen LogP contribution in [0, 0.1) is 0 Å². The van der Waals surface area contributed by atoms with Gasteiger partial charge < -0.3 is 9.73 Å². The standard InChI is InChI=1S/C14H14N2OS/c1-2-15-7-10-8-16-14(18-10)12-9-17-13-6-4-3-5-11(12)13/h3-6,8-9,15H,2,7H2,1H3. The van der Waals surface area contributed by atoms with Gasteiger partial charge in [-0.3, -0.25) is 0 Å². The van der Waals surface area contributed by atoms with Gasteiger partial charge in [-0.05, 0) is 12.6 Å². The number of hydrogen-bond donors (Lipinski definition) is 1. The molecule has 0 aliphatic carbocycles. The summed E-state index contributed by atoms with van der Waals surface area (Å²) in [5.74, 6) is 0. The molecule has 2 heterocycles. The number of hydrogen-bond acceptors (Lipinski definition) is 4. The van der Waals surface area contributed by atoms with Gasteiger partial charge in [0.1, 0.15) is 16.9 Å². The largest absolute Gasteiger partial charge is 0.464 e. The Morgan fingerprint density at radius 3 is 3.11 bits per heavy atom. The lowest BCUT2D eigenvalue weighted by Gasteiger charge is -1.95. The van der Waals surface area contributed by atoms with E-state index in [0.717, 1.165) is 34.6 Å². The Labute approximate surface area is 109 Å². The molecule has 0 spiro atoms. The number of benzene rings is 1. The highest BCUT2D eigenvalue weighted by Crippen LogP contribution is 2.32. The van der Waals surface area contributed by atoms with Gasteiger partial charge >= 0.3 is 0 Å². The number of thiazole rings is 1. The molecule has 0 bridgehead atoms. The van der Waals surface area contributed by atoms with Crippen LogP contribution in [0.15, 0.2) is 41.1 Å². The Morgan fingerprint density at radius 2 is 2.22 bits per heavy atom. The predicted molar refractivity (Wildman–Crippen MR) is 74.7 cm³/mol. The number of nitrogens with one attached hydrogen (secondary N) is 1. The number of para-hydroxylation sites is 1. The molecular formula is C14H14N2OS. The maximum absolute atomic E-state index is 5.54. The monoisotopic (exact) mass is 258 g/mol. The van der Waals surface area contributed by atoms with Gasteiger partial charge in [-0.1, -0.05) is 25.1 Å². The minimum Gasteiger partial charge on any atom is -0.464 e. The van der Waals surface area contributed by atoms with E-state index in [-0.39, 0.29) is 0 Å². The van der Waals surface area contributed by atoms with E-state index in [1.165, 1.54) is 4.88 Å². The van der Waals surface area contributed by atoms with E-state index in [1.54, 1.807) is 17.6 Å². The van der Waals surface area contributed by atoms with Gasteiger partial charge in [-0.2, -0.15) is 0 Å². The molecule has 0 saturated carbocycles. The number of nitrogens with zero attached hydrogens (tertiary/aromatic N) is 1. The Morgan fingerprint density at radius 1 is 1.33 bits per heavy atom. The quantitative estimate of drug-likeness (QED) is 0.776. The van der Waals surface area contributed by atoms with E-state index in [0.29, 0.717) is 0 Å². The molecule has 18 heavy (non-hydrogen) atoms. The third kappa shape index (κ3) is 2.05. The van der Waals surface area contributed by atoms with Crippen LogP contribution in [0.2, 0.25) is 0 Å². The van der Waals surface area contributed by atoms with Crippen LogP contribution >= 0.6 is 11.3 Å². The zero-order valence-electron chi connectivity index (χ0n) is 10.1. The lowest BCUT2D eigenvalue weighted by Crippen LogP contribution is -2.10. The Balaban J connectivity index is 1.96. The molecule has 3 aromatic rings. The molecule has 0 aliphatic rings. The van der Waals surface area contributed by atoms with E-state index in [4.69, 9.17) is 4.42 Å². The molecule has 0 atom stereocenters. The number of rotatable bonds is 4. The molecule has 2 aromatic heterocycles. The van der Waals surface area contributed by atoms with Gasteiger partial charge in [0.15, 0.2) is 0 Å². The second-order valence-corrected chi connectivity index (χ2v) is 5.17. The summed E-state index contributed by atoms with van der Waals surface area (Å²) in [6.07, 6.45) is 3.73. The van der Waals surface area contributed by atoms with E-state index < -0.39 is 0 Å². The fourth-order valence-corrected chi connectivity index (χ4v) is 2.81. The van der Waals surface area contributed by atoms with Crippen molar-refractivity contribution in [2.45, 2.75) is 13.5 Å². The van der Waals surface area contributed by atoms with Gasteiger partial charge in [0.25, 0.3) is 0 Å². The minimum absolute atomic E-state index is 0.879. The van der Waals surface area contributed by atoms with Crippen molar-refractivity contribution in [3.05, 3.63) is 41.6 Å². The molecule has 1 N–H and O–H groups in total. The van der Waals surface area contributed by atoms with Crippen LogP contribution in [0.3, 0.4) is 0 Å². The molecule has 0 unspecified atom stereocenters. The summed E-state index contributed by atoms with van der Waals surface area (Å²) < 4.78 is 5.54. The predicted octanol–water partition coefficient (Wildman–Crippen LogP) is 3.67. The van der Waals surface area contributed by atoms with E-state index in [1.807, 2.05) is 24.4 Å². The third-order valence-electron chi connectivity index (χ3n) is 2.81. The molecule has 0 fully saturated rings. The van der Waals surface area contributed by atoms with Crippen molar-refractivity contribution < 1.29 is 4.42 Å². The second-order valence-electron chi connectivity index (χ2n) is 4.06. The second kappa shape index (κ2) is 4.92. The Hall–Kier alpha value is -1.65. The summed E-state index contributed by atoms with van der Waals surface area (Å²) in [5.41, 5.74) is 1.99. The van der Waals surface area contributed by atoms with E-state index >= 15 is 0 Å². The molecule has 0 amide bonds. The van der Waals surface area contributed by atoms with Crippen molar-refractivity contribution in [3.8, 4) is 10.6 Å². The highest BCUT2D eigenvalue weighted by atomic mass is 32.1. The third-order valence-corrected chi connectivity index (χ3v) is 3.84. The van der Waals surface area contributed by atoms with Gasteiger partial charge in [0.2, 0.25) is 0 Å². The molecule has 0 saturated heterocycles. The highest BCUT2D eigenvalue weighted by Gasteiger charge is 2.11. The molecule has 4 heteroatoms. The first-order valence-corrected chi connectivity index (χ1v) is 6.82. The fourth-order valence-electron chi connectivity index (χ4n) is 1.91. The van der Waals surface area contributed by atoms with Gasteiger partial charge in [0.05, 0.1) is 5.56 Å². The summed E-state index contributed by atoms with van der Waals surface area (Å²) in [6, 6.07) is 8.05. The molecule has 0 aliphatic heterocycles. The first-order valence-electron chi connectivity index (χ1n) is 6.00. The van der Waals surface area contributed by atoms with Gasteiger partial charge in [-0.15, -0.1) is 11.3 Å². The zero-order valence-corrected chi connectivity index (χ0v) is 11.0. The summed E-state index contributed by atoms with van der Waals surface area (Å²) >= 11 is 1.71. The van der Waals surface area contributed by atoms with Crippen molar-refractivity contribution in [1.29, 1.82) is 0 Å². The van der Waals surface area contributed by atoms with Crippen molar-refractivity contribution in [1.82, 2.24) is 10.3 Å². The number of furan rings is 1. The molecular weight excluding hydrogens is 244 g/mol. The van der Waals surface area contributed by atoms with Crippen LogP contribution in [0.1, 0.15) is 11.8 Å². The lowest BCUT2D eigenvalue weighted by molar-refractivity contribution is 0.617. The number of fused-ring (bicyclic) bond motifs is 1. The maximum Gasteiger partial charge on any atom is 0.134 e. The zero-order chi connectivity index (χ0) is 12.4. The normalized spacial score (nSPS) is 11.2. The average Bonchev–Trinajstić information content (AvgIpc) is 3.02. The van der Waals surface area contributed by atoms with Crippen molar-refractivity contribution in [2.24, 2.45) is 0 Å². The van der Waals surface area contributed by atoms with Gasteiger partial charge in [0, 0.05) is 23.0 Å². The first-order chi connectivity index (χ1) is 8.88. The number of aromatic nitrogens is 1. The molecule has 3 nitrogen and oxygen atoms in total. The minimum atomic E-state index is 0.879. The van der Waals surface area contributed by atoms with E-state index in [9.17, 15) is 0 Å². The first kappa shape index (κ1) is 11.4. The van der Waals surface area contributed by atoms with Crippen LogP contribution in [0.25, 0.3) is 21.5 Å². The SMILES string of the molecule is CCNCc1cnc(-c2coc3ccccc23)s1. The molecule has 0 radical (unpaired) electrons.